The Bertz CT molecular complexity index is 698. The van der Waals surface area contributed by atoms with Gasteiger partial charge < -0.3 is 19.2 Å². The van der Waals surface area contributed by atoms with Gasteiger partial charge in [0.15, 0.2) is 0 Å². The molecule has 2 aromatic rings. The van der Waals surface area contributed by atoms with E-state index in [4.69, 9.17) is 14.2 Å². The van der Waals surface area contributed by atoms with Gasteiger partial charge in [0.2, 0.25) is 0 Å². The molecule has 0 spiro atoms. The molecule has 0 unspecified atom stereocenters. The summed E-state index contributed by atoms with van der Waals surface area (Å²) >= 11 is 0. The van der Waals surface area contributed by atoms with Gasteiger partial charge in [-0.25, -0.2) is 4.79 Å². The van der Waals surface area contributed by atoms with Crippen LogP contribution in [-0.2, 0) is 4.74 Å². The van der Waals surface area contributed by atoms with Crippen molar-refractivity contribution in [3.63, 3.8) is 0 Å². The van der Waals surface area contributed by atoms with Crippen LogP contribution in [0.25, 0.3) is 10.9 Å². The number of rotatable bonds is 5. The van der Waals surface area contributed by atoms with E-state index in [-0.39, 0.29) is 12.2 Å². The predicted octanol–water partition coefficient (Wildman–Crippen LogP) is 4.06. The van der Waals surface area contributed by atoms with Crippen molar-refractivity contribution in [1.82, 2.24) is 4.98 Å². The van der Waals surface area contributed by atoms with Crippen molar-refractivity contribution in [3.8, 4) is 11.5 Å². The van der Waals surface area contributed by atoms with Gasteiger partial charge in [0.1, 0.15) is 17.2 Å². The summed E-state index contributed by atoms with van der Waals surface area (Å²) in [6.45, 7) is 3.95. The molecule has 5 nitrogen and oxygen atoms in total. The van der Waals surface area contributed by atoms with Gasteiger partial charge >= 0.3 is 5.97 Å². The fourth-order valence-electron chi connectivity index (χ4n) is 3.02. The SMILES string of the molecule is COC(=O)c1cc2c(OC(C)C)cc(OC3CCCC3)cc2[nH]1. The first-order valence-electron chi connectivity index (χ1n) is 8.15. The number of ether oxygens (including phenoxy) is 3. The number of H-pyrrole nitrogens is 1. The Morgan fingerprint density at radius 2 is 1.96 bits per heavy atom. The number of esters is 1. The Kier molecular flexibility index (Phi) is 4.46. The number of hydrogen-bond donors (Lipinski definition) is 1. The molecule has 1 saturated carbocycles. The molecule has 1 aliphatic rings. The van der Waals surface area contributed by atoms with Crippen LogP contribution in [0.5, 0.6) is 11.5 Å². The number of nitrogens with one attached hydrogen (secondary N) is 1. The molecular formula is C18H23NO4. The Morgan fingerprint density at radius 1 is 1.22 bits per heavy atom. The van der Waals surface area contributed by atoms with Crippen LogP contribution in [0.1, 0.15) is 50.0 Å². The molecule has 5 heteroatoms. The minimum absolute atomic E-state index is 0.0383. The van der Waals surface area contributed by atoms with E-state index in [0.29, 0.717) is 5.69 Å². The second-order valence-electron chi connectivity index (χ2n) is 6.25. The lowest BCUT2D eigenvalue weighted by atomic mass is 10.2. The van der Waals surface area contributed by atoms with Gasteiger partial charge in [-0.1, -0.05) is 0 Å². The number of benzene rings is 1. The maximum absolute atomic E-state index is 11.8. The lowest BCUT2D eigenvalue weighted by Crippen LogP contribution is -2.11. The standard InChI is InChI=1S/C18H23NO4/c1-11(2)22-17-9-13(23-12-6-4-5-7-12)8-15-14(17)10-16(19-15)18(20)21-3/h8-12,19H,4-7H2,1-3H3. The highest BCUT2D eigenvalue weighted by molar-refractivity contribution is 5.97. The number of methoxy groups -OCH3 is 1. The average molecular weight is 317 g/mol. The number of hydrogen-bond acceptors (Lipinski definition) is 4. The largest absolute Gasteiger partial charge is 0.490 e. The van der Waals surface area contributed by atoms with Gasteiger partial charge in [0.05, 0.1) is 24.8 Å². The van der Waals surface area contributed by atoms with Crippen LogP contribution in [0.3, 0.4) is 0 Å². The maximum Gasteiger partial charge on any atom is 0.354 e. The van der Waals surface area contributed by atoms with E-state index in [0.717, 1.165) is 35.2 Å². The summed E-state index contributed by atoms with van der Waals surface area (Å²) in [6, 6.07) is 5.60. The third kappa shape index (κ3) is 3.44. The van der Waals surface area contributed by atoms with Crippen LogP contribution in [0, 0.1) is 0 Å². The van der Waals surface area contributed by atoms with E-state index < -0.39 is 5.97 Å². The summed E-state index contributed by atoms with van der Waals surface area (Å²) < 4.78 is 16.8. The van der Waals surface area contributed by atoms with Crippen LogP contribution in [0.4, 0.5) is 0 Å². The topological polar surface area (TPSA) is 60.6 Å². The second kappa shape index (κ2) is 6.52. The quantitative estimate of drug-likeness (QED) is 0.845. The number of carbonyl (C=O) groups is 1. The molecule has 1 heterocycles. The molecule has 1 aliphatic carbocycles. The van der Waals surface area contributed by atoms with Crippen molar-refractivity contribution in [3.05, 3.63) is 23.9 Å². The molecular weight excluding hydrogens is 294 g/mol. The van der Waals surface area contributed by atoms with Gasteiger partial charge in [-0.3, -0.25) is 0 Å². The number of aromatic amines is 1. The second-order valence-corrected chi connectivity index (χ2v) is 6.25. The van der Waals surface area contributed by atoms with E-state index in [1.54, 1.807) is 6.07 Å². The summed E-state index contributed by atoms with van der Waals surface area (Å²) in [5.41, 5.74) is 1.23. The zero-order valence-corrected chi connectivity index (χ0v) is 13.8. The van der Waals surface area contributed by atoms with Crippen molar-refractivity contribution in [2.75, 3.05) is 7.11 Å². The molecule has 0 saturated heterocycles. The van der Waals surface area contributed by atoms with Gasteiger partial charge in [-0.15, -0.1) is 0 Å². The lowest BCUT2D eigenvalue weighted by Gasteiger charge is -2.16. The molecule has 1 fully saturated rings. The minimum Gasteiger partial charge on any atom is -0.490 e. The van der Waals surface area contributed by atoms with Crippen molar-refractivity contribution in [1.29, 1.82) is 0 Å². The highest BCUT2D eigenvalue weighted by atomic mass is 16.5. The zero-order chi connectivity index (χ0) is 16.4. The van der Waals surface area contributed by atoms with E-state index in [1.165, 1.54) is 20.0 Å². The number of aromatic nitrogens is 1. The molecule has 1 aromatic carbocycles. The smallest absolute Gasteiger partial charge is 0.354 e. The molecule has 0 atom stereocenters. The zero-order valence-electron chi connectivity index (χ0n) is 13.8. The summed E-state index contributed by atoms with van der Waals surface area (Å²) in [4.78, 5) is 14.8. The molecule has 23 heavy (non-hydrogen) atoms. The first kappa shape index (κ1) is 15.7. The molecule has 0 amide bonds. The molecule has 0 bridgehead atoms. The van der Waals surface area contributed by atoms with E-state index in [1.807, 2.05) is 26.0 Å². The number of carbonyl (C=O) groups excluding carboxylic acids is 1. The summed E-state index contributed by atoms with van der Waals surface area (Å²) in [5, 5.41) is 0.859. The van der Waals surface area contributed by atoms with Crippen molar-refractivity contribution >= 4 is 16.9 Å². The molecule has 3 rings (SSSR count). The van der Waals surface area contributed by atoms with Crippen molar-refractivity contribution < 1.29 is 19.0 Å². The van der Waals surface area contributed by atoms with Crippen LogP contribution >= 0.6 is 0 Å². The molecule has 1 N–H and O–H groups in total. The Hall–Kier alpha value is -2.17. The number of fused-ring (bicyclic) bond motifs is 1. The summed E-state index contributed by atoms with van der Waals surface area (Å²) in [7, 11) is 1.37. The van der Waals surface area contributed by atoms with Gasteiger partial charge in [-0.05, 0) is 45.6 Å². The maximum atomic E-state index is 11.8. The fraction of sp³-hybridized carbons (Fsp3) is 0.500. The Labute approximate surface area is 135 Å². The van der Waals surface area contributed by atoms with Crippen LogP contribution in [-0.4, -0.2) is 30.3 Å². The molecule has 0 radical (unpaired) electrons. The van der Waals surface area contributed by atoms with Crippen LogP contribution < -0.4 is 9.47 Å². The first-order chi connectivity index (χ1) is 11.1. The normalized spacial score (nSPS) is 15.3. The first-order valence-corrected chi connectivity index (χ1v) is 8.15. The molecule has 0 aliphatic heterocycles. The van der Waals surface area contributed by atoms with Crippen molar-refractivity contribution in [2.24, 2.45) is 0 Å². The predicted molar refractivity (Wildman–Crippen MR) is 88.3 cm³/mol. The average Bonchev–Trinajstić information content (AvgIpc) is 3.15. The van der Waals surface area contributed by atoms with Gasteiger partial charge in [0.25, 0.3) is 0 Å². The van der Waals surface area contributed by atoms with E-state index >= 15 is 0 Å². The van der Waals surface area contributed by atoms with E-state index in [9.17, 15) is 4.79 Å². The molecule has 1 aromatic heterocycles. The fourth-order valence-corrected chi connectivity index (χ4v) is 3.02. The van der Waals surface area contributed by atoms with Gasteiger partial charge in [-0.2, -0.15) is 0 Å². The van der Waals surface area contributed by atoms with Crippen molar-refractivity contribution in [2.45, 2.75) is 51.7 Å². The minimum atomic E-state index is -0.394. The Morgan fingerprint density at radius 3 is 2.61 bits per heavy atom. The lowest BCUT2D eigenvalue weighted by molar-refractivity contribution is 0.0595. The third-order valence-electron chi connectivity index (χ3n) is 4.05. The van der Waals surface area contributed by atoms with Gasteiger partial charge in [0, 0.05) is 17.5 Å². The molecule has 124 valence electrons. The highest BCUT2D eigenvalue weighted by Gasteiger charge is 2.19. The van der Waals surface area contributed by atoms with Crippen LogP contribution in [0.15, 0.2) is 18.2 Å². The van der Waals surface area contributed by atoms with Crippen LogP contribution in [0.2, 0.25) is 0 Å². The monoisotopic (exact) mass is 317 g/mol. The third-order valence-corrected chi connectivity index (χ3v) is 4.05. The summed E-state index contributed by atoms with van der Waals surface area (Å²) in [6.07, 6.45) is 4.94. The highest BCUT2D eigenvalue weighted by Crippen LogP contribution is 2.34. The summed E-state index contributed by atoms with van der Waals surface area (Å²) in [5.74, 6) is 1.10. The Balaban J connectivity index is 1.99. The van der Waals surface area contributed by atoms with E-state index in [2.05, 4.69) is 4.98 Å².